The lowest BCUT2D eigenvalue weighted by molar-refractivity contribution is 0.201. The van der Waals surface area contributed by atoms with Crippen LogP contribution in [0.25, 0.3) is 0 Å². The minimum absolute atomic E-state index is 0.172. The maximum Gasteiger partial charge on any atom is 0.0961 e. The van der Waals surface area contributed by atoms with Gasteiger partial charge in [0.1, 0.15) is 0 Å². The molecule has 1 heteroatoms. The third kappa shape index (κ3) is 1.86. The summed E-state index contributed by atoms with van der Waals surface area (Å²) in [4.78, 5) is 0. The zero-order valence-electron chi connectivity index (χ0n) is 7.46. The molecule has 0 saturated carbocycles. The highest BCUT2D eigenvalue weighted by molar-refractivity contribution is 5.17. The SMILES string of the molecule is CC(C)(C)C1CC=CC=C1O. The predicted molar refractivity (Wildman–Crippen MR) is 47.4 cm³/mol. The largest absolute Gasteiger partial charge is 0.512 e. The smallest absolute Gasteiger partial charge is 0.0961 e. The van der Waals surface area contributed by atoms with Crippen LogP contribution in [-0.2, 0) is 0 Å². The zero-order chi connectivity index (χ0) is 8.48. The summed E-state index contributed by atoms with van der Waals surface area (Å²) in [6, 6.07) is 0. The van der Waals surface area contributed by atoms with Gasteiger partial charge >= 0.3 is 0 Å². The molecule has 0 spiro atoms. The van der Waals surface area contributed by atoms with Crippen molar-refractivity contribution >= 4 is 0 Å². The van der Waals surface area contributed by atoms with Crippen molar-refractivity contribution in [3.8, 4) is 0 Å². The summed E-state index contributed by atoms with van der Waals surface area (Å²) in [5.74, 6) is 0.826. The summed E-state index contributed by atoms with van der Waals surface area (Å²) >= 11 is 0. The number of allylic oxidation sites excluding steroid dienone is 4. The van der Waals surface area contributed by atoms with Gasteiger partial charge < -0.3 is 5.11 Å². The quantitative estimate of drug-likeness (QED) is 0.565. The first kappa shape index (κ1) is 8.38. The molecule has 62 valence electrons. The number of rotatable bonds is 0. The monoisotopic (exact) mass is 152 g/mol. The molecule has 0 bridgehead atoms. The van der Waals surface area contributed by atoms with Gasteiger partial charge in [0.05, 0.1) is 5.76 Å². The fourth-order valence-electron chi connectivity index (χ4n) is 1.42. The molecule has 11 heavy (non-hydrogen) atoms. The van der Waals surface area contributed by atoms with Gasteiger partial charge in [-0.1, -0.05) is 32.9 Å². The van der Waals surface area contributed by atoms with E-state index in [-0.39, 0.29) is 5.41 Å². The topological polar surface area (TPSA) is 20.2 Å². The van der Waals surface area contributed by atoms with Gasteiger partial charge in [-0.05, 0) is 17.9 Å². The molecule has 0 fully saturated rings. The molecule has 1 N–H and O–H groups in total. The number of hydrogen-bond donors (Lipinski definition) is 1. The molecule has 0 amide bonds. The highest BCUT2D eigenvalue weighted by Crippen LogP contribution is 2.35. The summed E-state index contributed by atoms with van der Waals surface area (Å²) in [6.45, 7) is 6.46. The zero-order valence-corrected chi connectivity index (χ0v) is 7.46. The Morgan fingerprint density at radius 3 is 2.45 bits per heavy atom. The maximum atomic E-state index is 9.51. The van der Waals surface area contributed by atoms with Gasteiger partial charge in [-0.15, -0.1) is 0 Å². The second-order valence-electron chi connectivity index (χ2n) is 4.17. The summed E-state index contributed by atoms with van der Waals surface area (Å²) in [7, 11) is 0. The van der Waals surface area contributed by atoms with Crippen LogP contribution in [-0.4, -0.2) is 5.11 Å². The van der Waals surface area contributed by atoms with Crippen LogP contribution in [0.4, 0.5) is 0 Å². The highest BCUT2D eigenvalue weighted by Gasteiger charge is 2.27. The summed E-state index contributed by atoms with van der Waals surface area (Å²) < 4.78 is 0. The Labute approximate surface area is 68.4 Å². The molecule has 1 aliphatic carbocycles. The van der Waals surface area contributed by atoms with Crippen molar-refractivity contribution in [3.63, 3.8) is 0 Å². The molecule has 1 aliphatic rings. The van der Waals surface area contributed by atoms with Gasteiger partial charge in [-0.3, -0.25) is 0 Å². The average molecular weight is 152 g/mol. The Balaban J connectivity index is 2.76. The number of hydrogen-bond acceptors (Lipinski definition) is 1. The lowest BCUT2D eigenvalue weighted by atomic mass is 9.76. The van der Waals surface area contributed by atoms with Crippen molar-refractivity contribution in [3.05, 3.63) is 24.0 Å². The van der Waals surface area contributed by atoms with Crippen LogP contribution in [0.1, 0.15) is 27.2 Å². The Kier molecular flexibility index (Phi) is 2.08. The van der Waals surface area contributed by atoms with Crippen molar-refractivity contribution in [2.75, 3.05) is 0 Å². The normalized spacial score (nSPS) is 25.0. The first-order valence-corrected chi connectivity index (χ1v) is 4.07. The van der Waals surface area contributed by atoms with Crippen molar-refractivity contribution in [2.24, 2.45) is 11.3 Å². The van der Waals surface area contributed by atoms with Gasteiger partial charge in [-0.25, -0.2) is 0 Å². The van der Waals surface area contributed by atoms with E-state index in [1.807, 2.05) is 6.08 Å². The van der Waals surface area contributed by atoms with E-state index < -0.39 is 0 Å². The minimum atomic E-state index is 0.172. The first-order valence-electron chi connectivity index (χ1n) is 4.07. The highest BCUT2D eigenvalue weighted by atomic mass is 16.3. The van der Waals surface area contributed by atoms with Crippen molar-refractivity contribution in [2.45, 2.75) is 27.2 Å². The molecule has 0 aliphatic heterocycles. The van der Waals surface area contributed by atoms with E-state index in [2.05, 4.69) is 26.8 Å². The average Bonchev–Trinajstić information content (AvgIpc) is 1.86. The van der Waals surface area contributed by atoms with Gasteiger partial charge in [0, 0.05) is 5.92 Å². The van der Waals surface area contributed by atoms with E-state index in [9.17, 15) is 5.11 Å². The fourth-order valence-corrected chi connectivity index (χ4v) is 1.42. The third-order valence-electron chi connectivity index (χ3n) is 2.18. The van der Waals surface area contributed by atoms with Crippen LogP contribution in [0.2, 0.25) is 0 Å². The molecule has 0 aromatic rings. The van der Waals surface area contributed by atoms with E-state index >= 15 is 0 Å². The molecule has 1 rings (SSSR count). The minimum Gasteiger partial charge on any atom is -0.512 e. The van der Waals surface area contributed by atoms with Gasteiger partial charge in [0.2, 0.25) is 0 Å². The Morgan fingerprint density at radius 1 is 1.45 bits per heavy atom. The second-order valence-corrected chi connectivity index (χ2v) is 4.17. The van der Waals surface area contributed by atoms with Crippen LogP contribution in [0, 0.1) is 11.3 Å². The molecule has 0 aromatic carbocycles. The number of aliphatic hydroxyl groups is 1. The first-order chi connectivity index (χ1) is 5.02. The van der Waals surface area contributed by atoms with Crippen LogP contribution in [0.5, 0.6) is 0 Å². The molecule has 0 heterocycles. The second kappa shape index (κ2) is 2.72. The Hall–Kier alpha value is -0.720. The Morgan fingerprint density at radius 2 is 2.09 bits per heavy atom. The molecule has 0 saturated heterocycles. The lowest BCUT2D eigenvalue weighted by Crippen LogP contribution is -2.22. The standard InChI is InChI=1S/C10H16O/c1-10(2,3)8-6-4-5-7-9(8)11/h4-5,7-8,11H,6H2,1-3H3. The van der Waals surface area contributed by atoms with E-state index in [1.165, 1.54) is 0 Å². The molecular weight excluding hydrogens is 136 g/mol. The van der Waals surface area contributed by atoms with Crippen LogP contribution in [0.15, 0.2) is 24.0 Å². The van der Waals surface area contributed by atoms with E-state index in [1.54, 1.807) is 6.08 Å². The summed E-state index contributed by atoms with van der Waals surface area (Å²) in [5.41, 5.74) is 0.172. The Bertz CT molecular complexity index is 193. The predicted octanol–water partition coefficient (Wildman–Crippen LogP) is 3.05. The van der Waals surface area contributed by atoms with Gasteiger partial charge in [0.25, 0.3) is 0 Å². The van der Waals surface area contributed by atoms with E-state index in [0.717, 1.165) is 6.42 Å². The van der Waals surface area contributed by atoms with Crippen LogP contribution in [0.3, 0.4) is 0 Å². The maximum absolute atomic E-state index is 9.51. The number of aliphatic hydroxyl groups excluding tert-OH is 1. The summed E-state index contributed by atoms with van der Waals surface area (Å²) in [6.07, 6.45) is 6.78. The fraction of sp³-hybridized carbons (Fsp3) is 0.600. The molecule has 1 atom stereocenters. The van der Waals surface area contributed by atoms with Crippen molar-refractivity contribution < 1.29 is 5.11 Å². The summed E-state index contributed by atoms with van der Waals surface area (Å²) in [5, 5.41) is 9.51. The van der Waals surface area contributed by atoms with E-state index in [4.69, 9.17) is 0 Å². The van der Waals surface area contributed by atoms with Gasteiger partial charge in [0.15, 0.2) is 0 Å². The molecule has 1 unspecified atom stereocenters. The lowest BCUT2D eigenvalue weighted by Gasteiger charge is -2.30. The van der Waals surface area contributed by atoms with Crippen molar-refractivity contribution in [1.29, 1.82) is 0 Å². The molecule has 0 aromatic heterocycles. The van der Waals surface area contributed by atoms with Gasteiger partial charge in [-0.2, -0.15) is 0 Å². The third-order valence-corrected chi connectivity index (χ3v) is 2.18. The molecule has 1 nitrogen and oxygen atoms in total. The van der Waals surface area contributed by atoms with Crippen LogP contribution < -0.4 is 0 Å². The van der Waals surface area contributed by atoms with Crippen LogP contribution >= 0.6 is 0 Å². The molecular formula is C10H16O. The van der Waals surface area contributed by atoms with E-state index in [0.29, 0.717) is 11.7 Å². The van der Waals surface area contributed by atoms with Crippen molar-refractivity contribution in [1.82, 2.24) is 0 Å². The molecule has 0 radical (unpaired) electrons.